The number of thioether (sulfide) groups is 1. The molecule has 0 radical (unpaired) electrons. The molecular formula is C11H14N2O3S. The summed E-state index contributed by atoms with van der Waals surface area (Å²) in [5.41, 5.74) is -0.920. The summed E-state index contributed by atoms with van der Waals surface area (Å²) in [6, 6.07) is -0.586. The molecule has 1 saturated heterocycles. The first-order chi connectivity index (χ1) is 8.12. The topological polar surface area (TPSA) is 66.5 Å². The first-order valence-electron chi connectivity index (χ1n) is 5.48. The molecule has 0 atom stereocenters. The highest BCUT2D eigenvalue weighted by Crippen LogP contribution is 2.48. The highest BCUT2D eigenvalue weighted by molar-refractivity contribution is 7.99. The Bertz CT molecular complexity index is 390. The first kappa shape index (κ1) is 12.2. The molecule has 0 unspecified atom stereocenters. The van der Waals surface area contributed by atoms with E-state index >= 15 is 0 Å². The summed E-state index contributed by atoms with van der Waals surface area (Å²) in [7, 11) is 0. The van der Waals surface area contributed by atoms with Gasteiger partial charge in [-0.2, -0.15) is 11.8 Å². The number of nitrogens with one attached hydrogen (secondary N) is 1. The summed E-state index contributed by atoms with van der Waals surface area (Å²) in [5, 5.41) is 2.25. The van der Waals surface area contributed by atoms with Crippen LogP contribution in [-0.4, -0.2) is 40.8 Å². The Labute approximate surface area is 104 Å². The van der Waals surface area contributed by atoms with Crippen molar-refractivity contribution in [3.8, 4) is 0 Å². The van der Waals surface area contributed by atoms with Crippen molar-refractivity contribution in [3.05, 3.63) is 12.7 Å². The van der Waals surface area contributed by atoms with Gasteiger partial charge in [0.25, 0.3) is 0 Å². The highest BCUT2D eigenvalue weighted by atomic mass is 32.2. The van der Waals surface area contributed by atoms with Crippen LogP contribution in [0.15, 0.2) is 12.7 Å². The lowest BCUT2D eigenvalue weighted by Gasteiger charge is -2.29. The van der Waals surface area contributed by atoms with E-state index in [1.807, 2.05) is 0 Å². The number of urea groups is 1. The van der Waals surface area contributed by atoms with Gasteiger partial charge < -0.3 is 0 Å². The van der Waals surface area contributed by atoms with Gasteiger partial charge in [0.15, 0.2) is 0 Å². The lowest BCUT2D eigenvalue weighted by molar-refractivity contribution is -0.144. The van der Waals surface area contributed by atoms with Crippen molar-refractivity contribution in [2.75, 3.05) is 18.1 Å². The zero-order valence-electron chi connectivity index (χ0n) is 9.40. The molecule has 92 valence electrons. The quantitative estimate of drug-likeness (QED) is 0.447. The monoisotopic (exact) mass is 254 g/mol. The normalized spacial score (nSPS) is 21.6. The molecule has 1 saturated carbocycles. The molecule has 4 amide bonds. The van der Waals surface area contributed by atoms with Gasteiger partial charge >= 0.3 is 6.03 Å². The number of hydrogen-bond donors (Lipinski definition) is 1. The van der Waals surface area contributed by atoms with Gasteiger partial charge in [-0.15, -0.1) is 6.58 Å². The van der Waals surface area contributed by atoms with Crippen LogP contribution in [0, 0.1) is 5.41 Å². The standard InChI is InChI=1S/C11H14N2O3S/c1-2-6-17-7-5-13-9(15)11(3-4-11)8(14)12-10(13)16/h2H,1,3-7H2,(H,12,14,16). The summed E-state index contributed by atoms with van der Waals surface area (Å²) in [5.74, 6) is 0.691. The molecule has 5 nitrogen and oxygen atoms in total. The van der Waals surface area contributed by atoms with Crippen molar-refractivity contribution >= 4 is 29.6 Å². The number of hydrogen-bond acceptors (Lipinski definition) is 4. The maximum absolute atomic E-state index is 12.0. The van der Waals surface area contributed by atoms with Crippen molar-refractivity contribution in [1.29, 1.82) is 0 Å². The zero-order valence-corrected chi connectivity index (χ0v) is 10.2. The summed E-state index contributed by atoms with van der Waals surface area (Å²) in [6.45, 7) is 3.94. The van der Waals surface area contributed by atoms with E-state index in [1.165, 1.54) is 0 Å². The molecule has 17 heavy (non-hydrogen) atoms. The predicted molar refractivity (Wildman–Crippen MR) is 64.4 cm³/mol. The molecule has 1 aliphatic heterocycles. The van der Waals surface area contributed by atoms with Crippen LogP contribution >= 0.6 is 11.8 Å². The smallest absolute Gasteiger partial charge is 0.277 e. The Morgan fingerprint density at radius 2 is 2.12 bits per heavy atom. The molecule has 2 aliphatic rings. The van der Waals surface area contributed by atoms with Gasteiger partial charge in [0.05, 0.1) is 0 Å². The van der Waals surface area contributed by atoms with Gasteiger partial charge in [0.1, 0.15) is 5.41 Å². The van der Waals surface area contributed by atoms with Crippen LogP contribution in [-0.2, 0) is 9.59 Å². The fourth-order valence-electron chi connectivity index (χ4n) is 1.82. The first-order valence-corrected chi connectivity index (χ1v) is 6.63. The van der Waals surface area contributed by atoms with E-state index < -0.39 is 17.4 Å². The van der Waals surface area contributed by atoms with Gasteiger partial charge in [0, 0.05) is 18.1 Å². The average Bonchev–Trinajstić information content (AvgIpc) is 3.07. The minimum Gasteiger partial charge on any atom is -0.277 e. The maximum Gasteiger partial charge on any atom is 0.330 e. The number of imide groups is 2. The highest BCUT2D eigenvalue weighted by Gasteiger charge is 2.61. The molecular weight excluding hydrogens is 240 g/mol. The Kier molecular flexibility index (Phi) is 3.24. The second-order valence-corrected chi connectivity index (χ2v) is 5.31. The van der Waals surface area contributed by atoms with Crippen molar-refractivity contribution in [2.45, 2.75) is 12.8 Å². The summed E-state index contributed by atoms with van der Waals surface area (Å²) < 4.78 is 0. The molecule has 1 aliphatic carbocycles. The van der Waals surface area contributed by atoms with E-state index in [1.54, 1.807) is 17.8 Å². The largest absolute Gasteiger partial charge is 0.330 e. The number of carbonyl (C=O) groups excluding carboxylic acids is 3. The molecule has 1 spiro atoms. The fraction of sp³-hybridized carbons (Fsp3) is 0.545. The van der Waals surface area contributed by atoms with Crippen LogP contribution in [0.5, 0.6) is 0 Å². The maximum atomic E-state index is 12.0. The van der Waals surface area contributed by atoms with Crippen molar-refractivity contribution in [3.63, 3.8) is 0 Å². The third kappa shape index (κ3) is 2.09. The van der Waals surface area contributed by atoms with Gasteiger partial charge in [-0.25, -0.2) is 4.79 Å². The Morgan fingerprint density at radius 1 is 1.41 bits per heavy atom. The van der Waals surface area contributed by atoms with Gasteiger partial charge in [-0.05, 0) is 12.8 Å². The number of amides is 4. The Morgan fingerprint density at radius 3 is 2.71 bits per heavy atom. The molecule has 2 rings (SSSR count). The number of barbiturate groups is 1. The van der Waals surface area contributed by atoms with Gasteiger partial charge in [-0.1, -0.05) is 6.08 Å². The minimum absolute atomic E-state index is 0.328. The van der Waals surface area contributed by atoms with Gasteiger partial charge in [-0.3, -0.25) is 19.8 Å². The van der Waals surface area contributed by atoms with E-state index in [0.717, 1.165) is 10.7 Å². The van der Waals surface area contributed by atoms with E-state index in [4.69, 9.17) is 0 Å². The minimum atomic E-state index is -0.920. The van der Waals surface area contributed by atoms with Gasteiger partial charge in [0.2, 0.25) is 11.8 Å². The van der Waals surface area contributed by atoms with Crippen molar-refractivity contribution in [1.82, 2.24) is 10.2 Å². The molecule has 0 bridgehead atoms. The molecule has 6 heteroatoms. The third-order valence-electron chi connectivity index (χ3n) is 3.00. The van der Waals surface area contributed by atoms with Crippen LogP contribution in [0.1, 0.15) is 12.8 Å². The molecule has 2 fully saturated rings. The van der Waals surface area contributed by atoms with E-state index in [9.17, 15) is 14.4 Å². The fourth-order valence-corrected chi connectivity index (χ4v) is 2.47. The molecule has 1 heterocycles. The van der Waals surface area contributed by atoms with E-state index in [0.29, 0.717) is 25.1 Å². The van der Waals surface area contributed by atoms with Crippen molar-refractivity contribution in [2.24, 2.45) is 5.41 Å². The van der Waals surface area contributed by atoms with Crippen LogP contribution in [0.3, 0.4) is 0 Å². The second-order valence-electron chi connectivity index (χ2n) is 4.16. The number of rotatable bonds is 5. The molecule has 0 aromatic heterocycles. The Balaban J connectivity index is 1.96. The summed E-state index contributed by atoms with van der Waals surface area (Å²) >= 11 is 1.60. The third-order valence-corrected chi connectivity index (χ3v) is 3.94. The predicted octanol–water partition coefficient (Wildman–Crippen LogP) is 0.764. The van der Waals surface area contributed by atoms with Crippen LogP contribution in [0.2, 0.25) is 0 Å². The average molecular weight is 254 g/mol. The lowest BCUT2D eigenvalue weighted by Crippen LogP contribution is -2.59. The van der Waals surface area contributed by atoms with Crippen LogP contribution in [0.25, 0.3) is 0 Å². The molecule has 1 N–H and O–H groups in total. The molecule has 0 aromatic rings. The Hall–Kier alpha value is -1.30. The summed E-state index contributed by atoms with van der Waals surface area (Å²) in [4.78, 5) is 36.2. The lowest BCUT2D eigenvalue weighted by atomic mass is 10.0. The van der Waals surface area contributed by atoms with Crippen molar-refractivity contribution < 1.29 is 14.4 Å². The SMILES string of the molecule is C=CCSCCN1C(=O)NC(=O)C2(CC2)C1=O. The summed E-state index contributed by atoms with van der Waals surface area (Å²) in [6.07, 6.45) is 2.89. The zero-order chi connectivity index (χ0) is 12.5. The second kappa shape index (κ2) is 4.52. The van der Waals surface area contributed by atoms with E-state index in [2.05, 4.69) is 11.9 Å². The van der Waals surface area contributed by atoms with Crippen LogP contribution in [0.4, 0.5) is 4.79 Å². The number of nitrogens with zero attached hydrogens (tertiary/aromatic N) is 1. The molecule has 0 aromatic carbocycles. The number of carbonyl (C=O) groups is 3. The van der Waals surface area contributed by atoms with E-state index in [-0.39, 0.29) is 5.91 Å². The van der Waals surface area contributed by atoms with Crippen LogP contribution < -0.4 is 5.32 Å².